The number of hydrogen-bond donors (Lipinski definition) is 3. The summed E-state index contributed by atoms with van der Waals surface area (Å²) in [6.45, 7) is 3.13. The molecule has 0 radical (unpaired) electrons. The summed E-state index contributed by atoms with van der Waals surface area (Å²) in [5.41, 5.74) is 6.11. The molecule has 1 aromatic carbocycles. The van der Waals surface area contributed by atoms with Crippen LogP contribution in [-0.2, 0) is 9.53 Å². The van der Waals surface area contributed by atoms with Crippen LogP contribution in [0.5, 0.6) is 0 Å². The fourth-order valence-corrected chi connectivity index (χ4v) is 3.83. The van der Waals surface area contributed by atoms with Crippen molar-refractivity contribution in [2.24, 2.45) is 5.73 Å². The molecule has 2 fully saturated rings. The predicted molar refractivity (Wildman–Crippen MR) is 99.9 cm³/mol. The van der Waals surface area contributed by atoms with Crippen LogP contribution in [0.15, 0.2) is 30.3 Å². The van der Waals surface area contributed by atoms with Crippen molar-refractivity contribution in [3.63, 3.8) is 0 Å². The van der Waals surface area contributed by atoms with Crippen LogP contribution in [0.3, 0.4) is 0 Å². The number of urea groups is 1. The Morgan fingerprint density at radius 1 is 1.19 bits per heavy atom. The predicted octanol–water partition coefficient (Wildman–Crippen LogP) is 0.0801. The average molecular weight is 376 g/mol. The Kier molecular flexibility index (Phi) is 6.65. The van der Waals surface area contributed by atoms with E-state index in [9.17, 15) is 14.7 Å². The average Bonchev–Trinajstić information content (AvgIpc) is 2.68. The second kappa shape index (κ2) is 9.16. The maximum atomic E-state index is 12.7. The molecule has 0 bridgehead atoms. The summed E-state index contributed by atoms with van der Waals surface area (Å²) >= 11 is 0. The molecule has 0 saturated carbocycles. The molecule has 1 aromatic rings. The van der Waals surface area contributed by atoms with Gasteiger partial charge in [-0.05, 0) is 18.4 Å². The van der Waals surface area contributed by atoms with Gasteiger partial charge in [0.25, 0.3) is 0 Å². The van der Waals surface area contributed by atoms with Crippen molar-refractivity contribution in [3.8, 4) is 0 Å². The monoisotopic (exact) mass is 376 g/mol. The van der Waals surface area contributed by atoms with Crippen molar-refractivity contribution >= 4 is 11.9 Å². The summed E-state index contributed by atoms with van der Waals surface area (Å²) in [7, 11) is 0. The van der Waals surface area contributed by atoms with E-state index in [2.05, 4.69) is 10.2 Å². The van der Waals surface area contributed by atoms with Crippen LogP contribution in [0.25, 0.3) is 0 Å². The van der Waals surface area contributed by atoms with E-state index in [1.165, 1.54) is 0 Å². The van der Waals surface area contributed by atoms with Crippen molar-refractivity contribution in [3.05, 3.63) is 35.9 Å². The van der Waals surface area contributed by atoms with Gasteiger partial charge in [0.15, 0.2) is 0 Å². The zero-order valence-corrected chi connectivity index (χ0v) is 15.4. The lowest BCUT2D eigenvalue weighted by atomic mass is 9.96. The lowest BCUT2D eigenvalue weighted by Crippen LogP contribution is -2.54. The van der Waals surface area contributed by atoms with Crippen LogP contribution in [-0.4, -0.2) is 78.4 Å². The molecule has 0 aromatic heterocycles. The van der Waals surface area contributed by atoms with Gasteiger partial charge in [-0.15, -0.1) is 0 Å². The van der Waals surface area contributed by atoms with Gasteiger partial charge < -0.3 is 30.7 Å². The molecule has 2 atom stereocenters. The fourth-order valence-electron chi connectivity index (χ4n) is 3.83. The van der Waals surface area contributed by atoms with E-state index in [1.54, 1.807) is 4.90 Å². The number of aliphatic hydroxyl groups is 1. The highest BCUT2D eigenvalue weighted by Gasteiger charge is 2.37. The van der Waals surface area contributed by atoms with E-state index in [1.807, 2.05) is 30.3 Å². The topological polar surface area (TPSA) is 108 Å². The SMILES string of the molecule is NC(=O)NCC(=O)N1CCO[C@@H](CN2CCC(O)CC2)[C@@H]1c1ccccc1. The van der Waals surface area contributed by atoms with Gasteiger partial charge in [-0.1, -0.05) is 30.3 Å². The van der Waals surface area contributed by atoms with Crippen LogP contribution in [0.4, 0.5) is 4.79 Å². The third kappa shape index (κ3) is 5.18. The quantitative estimate of drug-likeness (QED) is 0.675. The van der Waals surface area contributed by atoms with E-state index in [0.29, 0.717) is 19.7 Å². The number of ether oxygens (including phenoxy) is 1. The summed E-state index contributed by atoms with van der Waals surface area (Å²) in [5.74, 6) is -0.176. The second-order valence-electron chi connectivity index (χ2n) is 7.10. The van der Waals surface area contributed by atoms with Crippen molar-refractivity contribution in [1.82, 2.24) is 15.1 Å². The van der Waals surface area contributed by atoms with Crippen LogP contribution in [0, 0.1) is 0 Å². The highest BCUT2D eigenvalue weighted by Crippen LogP contribution is 2.30. The number of aliphatic hydroxyl groups excluding tert-OH is 1. The van der Waals surface area contributed by atoms with E-state index >= 15 is 0 Å². The number of hydrogen-bond acceptors (Lipinski definition) is 5. The lowest BCUT2D eigenvalue weighted by molar-refractivity contribution is -0.147. The Morgan fingerprint density at radius 3 is 2.56 bits per heavy atom. The number of piperidine rings is 1. The smallest absolute Gasteiger partial charge is 0.312 e. The highest BCUT2D eigenvalue weighted by atomic mass is 16.5. The molecule has 2 aliphatic rings. The molecule has 8 heteroatoms. The molecule has 0 spiro atoms. The Balaban J connectivity index is 1.76. The molecule has 2 heterocycles. The molecule has 2 saturated heterocycles. The number of morpholine rings is 1. The number of carbonyl (C=O) groups excluding carboxylic acids is 2. The number of rotatable bonds is 5. The van der Waals surface area contributed by atoms with Crippen molar-refractivity contribution in [1.29, 1.82) is 0 Å². The van der Waals surface area contributed by atoms with Gasteiger partial charge in [0, 0.05) is 26.2 Å². The maximum Gasteiger partial charge on any atom is 0.312 e. The Morgan fingerprint density at radius 2 is 1.89 bits per heavy atom. The normalized spacial score (nSPS) is 24.6. The molecule has 4 N–H and O–H groups in total. The first kappa shape index (κ1) is 19.6. The first-order chi connectivity index (χ1) is 13.0. The Labute approximate surface area is 159 Å². The van der Waals surface area contributed by atoms with Gasteiger partial charge in [0.1, 0.15) is 0 Å². The zero-order chi connectivity index (χ0) is 19.2. The summed E-state index contributed by atoms with van der Waals surface area (Å²) in [4.78, 5) is 27.8. The van der Waals surface area contributed by atoms with Gasteiger partial charge in [-0.3, -0.25) is 4.79 Å². The van der Waals surface area contributed by atoms with Crippen LogP contribution >= 0.6 is 0 Å². The summed E-state index contributed by atoms with van der Waals surface area (Å²) in [6.07, 6.45) is 1.12. The Bertz CT molecular complexity index is 634. The number of amides is 3. The van der Waals surface area contributed by atoms with Gasteiger partial charge in [-0.25, -0.2) is 4.79 Å². The minimum absolute atomic E-state index is 0.124. The summed E-state index contributed by atoms with van der Waals surface area (Å²) in [6, 6.07) is 8.88. The van der Waals surface area contributed by atoms with Gasteiger partial charge in [-0.2, -0.15) is 0 Å². The lowest BCUT2D eigenvalue weighted by Gasteiger charge is -2.44. The number of nitrogens with two attached hydrogens (primary N) is 1. The van der Waals surface area contributed by atoms with Crippen molar-refractivity contribution in [2.45, 2.75) is 31.1 Å². The molecule has 3 rings (SSSR count). The summed E-state index contributed by atoms with van der Waals surface area (Å²) < 4.78 is 6.07. The number of carbonyl (C=O) groups is 2. The largest absolute Gasteiger partial charge is 0.393 e. The van der Waals surface area contributed by atoms with E-state index in [0.717, 1.165) is 31.5 Å². The Hall–Kier alpha value is -2.16. The molecule has 2 aliphatic heterocycles. The molecule has 27 heavy (non-hydrogen) atoms. The van der Waals surface area contributed by atoms with Crippen LogP contribution in [0.1, 0.15) is 24.4 Å². The number of nitrogens with one attached hydrogen (secondary N) is 1. The van der Waals surface area contributed by atoms with Gasteiger partial charge in [0.05, 0.1) is 31.4 Å². The number of benzene rings is 1. The van der Waals surface area contributed by atoms with Crippen LogP contribution in [0.2, 0.25) is 0 Å². The number of primary amides is 1. The van der Waals surface area contributed by atoms with Crippen LogP contribution < -0.4 is 11.1 Å². The molecule has 0 aliphatic carbocycles. The molecule has 8 nitrogen and oxygen atoms in total. The van der Waals surface area contributed by atoms with Crippen molar-refractivity contribution in [2.75, 3.05) is 39.3 Å². The molecular weight excluding hydrogens is 348 g/mol. The van der Waals surface area contributed by atoms with E-state index < -0.39 is 6.03 Å². The maximum absolute atomic E-state index is 12.7. The van der Waals surface area contributed by atoms with Gasteiger partial charge in [0.2, 0.25) is 5.91 Å². The molecular formula is C19H28N4O4. The standard InChI is InChI=1S/C19H28N4O4/c20-19(26)21-12-17(25)23-10-11-27-16(13-22-8-6-15(24)7-9-22)18(23)14-4-2-1-3-5-14/h1-5,15-16,18,24H,6-13H2,(H3,20,21,26)/t16-,18-/m0/s1. The fraction of sp³-hybridized carbons (Fsp3) is 0.579. The number of nitrogens with zero attached hydrogens (tertiary/aromatic N) is 2. The minimum Gasteiger partial charge on any atom is -0.393 e. The van der Waals surface area contributed by atoms with E-state index in [-0.39, 0.29) is 30.7 Å². The third-order valence-corrected chi connectivity index (χ3v) is 5.22. The zero-order valence-electron chi connectivity index (χ0n) is 15.4. The minimum atomic E-state index is -0.712. The molecule has 0 unspecified atom stereocenters. The molecule has 148 valence electrons. The van der Waals surface area contributed by atoms with Gasteiger partial charge >= 0.3 is 6.03 Å². The highest BCUT2D eigenvalue weighted by molar-refractivity contribution is 5.83. The third-order valence-electron chi connectivity index (χ3n) is 5.22. The molecule has 3 amide bonds. The summed E-state index contributed by atoms with van der Waals surface area (Å²) in [5, 5.41) is 12.1. The number of likely N-dealkylation sites (tertiary alicyclic amines) is 1. The van der Waals surface area contributed by atoms with Crippen molar-refractivity contribution < 1.29 is 19.4 Å². The second-order valence-corrected chi connectivity index (χ2v) is 7.10. The first-order valence-corrected chi connectivity index (χ1v) is 9.44. The van der Waals surface area contributed by atoms with E-state index in [4.69, 9.17) is 10.5 Å². The first-order valence-electron chi connectivity index (χ1n) is 9.44.